The van der Waals surface area contributed by atoms with Crippen molar-refractivity contribution < 1.29 is 4.74 Å². The highest BCUT2D eigenvalue weighted by Crippen LogP contribution is 2.11. The van der Waals surface area contributed by atoms with Crippen molar-refractivity contribution in [1.29, 1.82) is 0 Å². The number of rotatable bonds is 10. The Bertz CT molecular complexity index is 909. The van der Waals surface area contributed by atoms with Gasteiger partial charge in [0.2, 0.25) is 0 Å². The number of halogens is 1. The van der Waals surface area contributed by atoms with Crippen LogP contribution in [0.4, 0.5) is 0 Å². The van der Waals surface area contributed by atoms with Crippen LogP contribution in [0.1, 0.15) is 23.9 Å². The van der Waals surface area contributed by atoms with Gasteiger partial charge in [0, 0.05) is 45.0 Å². The second-order valence-corrected chi connectivity index (χ2v) is 6.99. The Labute approximate surface area is 202 Å². The summed E-state index contributed by atoms with van der Waals surface area (Å²) in [5, 5.41) is 6.73. The molecule has 2 N–H and O–H groups in total. The van der Waals surface area contributed by atoms with E-state index in [0.29, 0.717) is 6.54 Å². The SMILES string of the molecule is CCNC(=NCCc1nccn1Cc1ccccc1)NCCc1ccc(OC)cc1.I. The fraction of sp³-hybridized carbons (Fsp3) is 0.333. The standard InChI is InChI=1S/C24H31N5O.HI/c1-3-25-24(27-15-13-20-9-11-22(30-2)12-10-20)28-16-14-23-26-17-18-29(23)19-21-7-5-4-6-8-21;/h4-12,17-18H,3,13-16,19H2,1-2H3,(H2,25,27,28);1H. The van der Waals surface area contributed by atoms with Gasteiger partial charge in [0.15, 0.2) is 5.96 Å². The Hall–Kier alpha value is -2.55. The Kier molecular flexibility index (Phi) is 10.9. The number of imidazole rings is 1. The van der Waals surface area contributed by atoms with E-state index in [1.807, 2.05) is 30.6 Å². The van der Waals surface area contributed by atoms with E-state index in [9.17, 15) is 0 Å². The lowest BCUT2D eigenvalue weighted by Gasteiger charge is -2.12. The summed E-state index contributed by atoms with van der Waals surface area (Å²) in [7, 11) is 1.68. The fourth-order valence-electron chi connectivity index (χ4n) is 3.22. The number of aliphatic imine (C=N–C) groups is 1. The Balaban J connectivity index is 0.00000341. The van der Waals surface area contributed by atoms with E-state index in [-0.39, 0.29) is 24.0 Å². The normalized spacial score (nSPS) is 11.0. The molecule has 0 fully saturated rings. The topological polar surface area (TPSA) is 63.5 Å². The molecule has 0 radical (unpaired) electrons. The van der Waals surface area contributed by atoms with E-state index in [2.05, 4.69) is 63.5 Å². The van der Waals surface area contributed by atoms with Crippen LogP contribution in [0.3, 0.4) is 0 Å². The largest absolute Gasteiger partial charge is 0.497 e. The predicted molar refractivity (Wildman–Crippen MR) is 138 cm³/mol. The fourth-order valence-corrected chi connectivity index (χ4v) is 3.22. The molecule has 0 amide bonds. The summed E-state index contributed by atoms with van der Waals surface area (Å²) in [4.78, 5) is 9.23. The van der Waals surface area contributed by atoms with E-state index in [4.69, 9.17) is 9.73 Å². The number of ether oxygens (including phenoxy) is 1. The van der Waals surface area contributed by atoms with Crippen molar-refractivity contribution in [3.8, 4) is 5.75 Å². The average molecular weight is 533 g/mol. The summed E-state index contributed by atoms with van der Waals surface area (Å²) in [5.74, 6) is 2.77. The lowest BCUT2D eigenvalue weighted by atomic mass is 10.1. The molecule has 0 aliphatic rings. The van der Waals surface area contributed by atoms with Gasteiger partial charge in [-0.25, -0.2) is 4.98 Å². The highest BCUT2D eigenvalue weighted by Gasteiger charge is 2.04. The molecule has 31 heavy (non-hydrogen) atoms. The molecular weight excluding hydrogens is 501 g/mol. The molecule has 3 aromatic rings. The van der Waals surface area contributed by atoms with Crippen LogP contribution in [-0.4, -0.2) is 42.3 Å². The zero-order valence-electron chi connectivity index (χ0n) is 18.3. The molecule has 0 aliphatic heterocycles. The Morgan fingerprint density at radius 2 is 1.77 bits per heavy atom. The molecule has 0 spiro atoms. The van der Waals surface area contributed by atoms with Crippen LogP contribution in [0.15, 0.2) is 72.0 Å². The highest BCUT2D eigenvalue weighted by molar-refractivity contribution is 14.0. The zero-order valence-corrected chi connectivity index (χ0v) is 20.6. The van der Waals surface area contributed by atoms with Crippen LogP contribution in [-0.2, 0) is 19.4 Å². The number of hydrogen-bond donors (Lipinski definition) is 2. The molecule has 0 aliphatic carbocycles. The third-order valence-corrected chi connectivity index (χ3v) is 4.81. The number of hydrogen-bond acceptors (Lipinski definition) is 3. The van der Waals surface area contributed by atoms with Gasteiger partial charge < -0.3 is 19.9 Å². The molecule has 6 nitrogen and oxygen atoms in total. The van der Waals surface area contributed by atoms with Gasteiger partial charge in [-0.1, -0.05) is 42.5 Å². The molecule has 0 saturated heterocycles. The van der Waals surface area contributed by atoms with Gasteiger partial charge in [-0.05, 0) is 36.6 Å². The quantitative estimate of drug-likeness (QED) is 0.236. The first-order chi connectivity index (χ1) is 14.8. The molecule has 166 valence electrons. The summed E-state index contributed by atoms with van der Waals surface area (Å²) >= 11 is 0. The number of guanidine groups is 1. The van der Waals surface area contributed by atoms with Crippen LogP contribution in [0, 0.1) is 0 Å². The van der Waals surface area contributed by atoms with Gasteiger partial charge in [-0.15, -0.1) is 24.0 Å². The van der Waals surface area contributed by atoms with Crippen LogP contribution in [0.25, 0.3) is 0 Å². The second-order valence-electron chi connectivity index (χ2n) is 6.99. The molecule has 3 rings (SSSR count). The molecule has 0 atom stereocenters. The van der Waals surface area contributed by atoms with E-state index in [1.165, 1.54) is 11.1 Å². The average Bonchev–Trinajstić information content (AvgIpc) is 3.22. The molecule has 1 aromatic heterocycles. The lowest BCUT2D eigenvalue weighted by molar-refractivity contribution is 0.414. The molecule has 1 heterocycles. The molecule has 0 unspecified atom stereocenters. The van der Waals surface area contributed by atoms with E-state index in [1.54, 1.807) is 7.11 Å². The van der Waals surface area contributed by atoms with Crippen molar-refractivity contribution in [3.05, 3.63) is 83.9 Å². The molecule has 2 aromatic carbocycles. The number of nitrogens with zero attached hydrogens (tertiary/aromatic N) is 3. The van der Waals surface area contributed by atoms with Crippen molar-refractivity contribution in [2.45, 2.75) is 26.3 Å². The maximum Gasteiger partial charge on any atom is 0.191 e. The van der Waals surface area contributed by atoms with Crippen molar-refractivity contribution in [2.24, 2.45) is 4.99 Å². The maximum absolute atomic E-state index is 5.21. The summed E-state index contributed by atoms with van der Waals surface area (Å²) in [6.07, 6.45) is 5.62. The van der Waals surface area contributed by atoms with Gasteiger partial charge >= 0.3 is 0 Å². The zero-order chi connectivity index (χ0) is 21.0. The monoisotopic (exact) mass is 533 g/mol. The number of benzene rings is 2. The summed E-state index contributed by atoms with van der Waals surface area (Å²) in [6, 6.07) is 18.6. The van der Waals surface area contributed by atoms with Crippen molar-refractivity contribution in [2.75, 3.05) is 26.7 Å². The minimum absolute atomic E-state index is 0. The van der Waals surface area contributed by atoms with Gasteiger partial charge in [0.05, 0.1) is 7.11 Å². The second kappa shape index (κ2) is 13.7. The minimum Gasteiger partial charge on any atom is -0.497 e. The Morgan fingerprint density at radius 3 is 2.48 bits per heavy atom. The number of methoxy groups -OCH3 is 1. The molecular formula is C24H32IN5O. The van der Waals surface area contributed by atoms with Crippen LogP contribution >= 0.6 is 24.0 Å². The van der Waals surface area contributed by atoms with Crippen LogP contribution in [0.2, 0.25) is 0 Å². The lowest BCUT2D eigenvalue weighted by Crippen LogP contribution is -2.38. The summed E-state index contributed by atoms with van der Waals surface area (Å²) < 4.78 is 7.40. The first kappa shape index (κ1) is 24.7. The first-order valence-electron chi connectivity index (χ1n) is 10.5. The number of nitrogens with one attached hydrogen (secondary N) is 2. The third-order valence-electron chi connectivity index (χ3n) is 4.81. The summed E-state index contributed by atoms with van der Waals surface area (Å²) in [6.45, 7) is 5.24. The van der Waals surface area contributed by atoms with Gasteiger partial charge in [0.25, 0.3) is 0 Å². The first-order valence-corrected chi connectivity index (χ1v) is 10.5. The van der Waals surface area contributed by atoms with Gasteiger partial charge in [-0.3, -0.25) is 4.99 Å². The maximum atomic E-state index is 5.21. The minimum atomic E-state index is 0. The van der Waals surface area contributed by atoms with Crippen molar-refractivity contribution in [1.82, 2.24) is 20.2 Å². The summed E-state index contributed by atoms with van der Waals surface area (Å²) in [5.41, 5.74) is 2.54. The molecule has 0 saturated carbocycles. The van der Waals surface area contributed by atoms with Gasteiger partial charge in [-0.2, -0.15) is 0 Å². The van der Waals surface area contributed by atoms with Crippen molar-refractivity contribution >= 4 is 29.9 Å². The van der Waals surface area contributed by atoms with Crippen LogP contribution in [0.5, 0.6) is 5.75 Å². The smallest absolute Gasteiger partial charge is 0.191 e. The van der Waals surface area contributed by atoms with E-state index < -0.39 is 0 Å². The Morgan fingerprint density at radius 1 is 1.00 bits per heavy atom. The highest BCUT2D eigenvalue weighted by atomic mass is 127. The van der Waals surface area contributed by atoms with E-state index >= 15 is 0 Å². The third kappa shape index (κ3) is 8.24. The van der Waals surface area contributed by atoms with Crippen molar-refractivity contribution in [3.63, 3.8) is 0 Å². The van der Waals surface area contributed by atoms with E-state index in [0.717, 1.165) is 50.0 Å². The number of aromatic nitrogens is 2. The van der Waals surface area contributed by atoms with Crippen LogP contribution < -0.4 is 15.4 Å². The molecule has 0 bridgehead atoms. The molecule has 7 heteroatoms. The predicted octanol–water partition coefficient (Wildman–Crippen LogP) is 3.90. The van der Waals surface area contributed by atoms with Gasteiger partial charge in [0.1, 0.15) is 11.6 Å².